The molecule has 0 aromatic carbocycles. The highest BCUT2D eigenvalue weighted by Crippen LogP contribution is 1.94. The normalized spacial score (nSPS) is 12.8. The number of nitrogens with zero attached hydrogens (tertiary/aromatic N) is 1. The maximum Gasteiger partial charge on any atom is 0.343 e. The SMILES string of the molecule is NC(=O)N(Cl)S(=O)O. The average Bonchev–Trinajstić information content (AvgIpc) is 1.64. The molecular formula is CH3ClN2O3S. The Balaban J connectivity index is 3.83. The third-order valence-corrected chi connectivity index (χ3v) is 1.29. The quantitative estimate of drug-likeness (QED) is 0.405. The van der Waals surface area contributed by atoms with Crippen molar-refractivity contribution in [3.05, 3.63) is 0 Å². The molecule has 0 rings (SSSR count). The molecule has 0 saturated carbocycles. The van der Waals surface area contributed by atoms with Crippen LogP contribution in [-0.2, 0) is 11.3 Å². The molecule has 0 spiro atoms. The van der Waals surface area contributed by atoms with Crippen LogP contribution in [0.15, 0.2) is 0 Å². The second-order valence-electron chi connectivity index (χ2n) is 0.814. The van der Waals surface area contributed by atoms with Gasteiger partial charge in [0.15, 0.2) is 0 Å². The van der Waals surface area contributed by atoms with Gasteiger partial charge >= 0.3 is 6.03 Å². The van der Waals surface area contributed by atoms with Gasteiger partial charge in [0.05, 0.1) is 0 Å². The molecule has 0 radical (unpaired) electrons. The number of hydrogen-bond acceptors (Lipinski definition) is 2. The summed E-state index contributed by atoms with van der Waals surface area (Å²) in [6.07, 6.45) is 0. The number of carbonyl (C=O) groups is 1. The number of hydrogen-bond donors (Lipinski definition) is 2. The summed E-state index contributed by atoms with van der Waals surface area (Å²) in [5.41, 5.74) is 4.44. The van der Waals surface area contributed by atoms with Crippen molar-refractivity contribution in [2.75, 3.05) is 0 Å². The van der Waals surface area contributed by atoms with Gasteiger partial charge < -0.3 is 5.73 Å². The molecule has 0 saturated heterocycles. The first-order valence-electron chi connectivity index (χ1n) is 1.42. The van der Waals surface area contributed by atoms with Crippen LogP contribution in [0.1, 0.15) is 0 Å². The lowest BCUT2D eigenvalue weighted by molar-refractivity contribution is 0.244. The van der Waals surface area contributed by atoms with E-state index in [1.54, 1.807) is 0 Å². The van der Waals surface area contributed by atoms with Crippen LogP contribution >= 0.6 is 11.8 Å². The fourth-order valence-corrected chi connectivity index (χ4v) is 0.231. The van der Waals surface area contributed by atoms with Gasteiger partial charge in [-0.05, 0) is 0 Å². The van der Waals surface area contributed by atoms with Crippen molar-refractivity contribution >= 4 is 29.1 Å². The van der Waals surface area contributed by atoms with Gasteiger partial charge in [-0.3, -0.25) is 4.55 Å². The number of carbonyl (C=O) groups excluding carboxylic acids is 1. The molecule has 0 bridgehead atoms. The molecule has 48 valence electrons. The number of rotatable bonds is 1. The van der Waals surface area contributed by atoms with Gasteiger partial charge in [0.25, 0.3) is 11.3 Å². The molecule has 0 aliphatic heterocycles. The molecule has 8 heavy (non-hydrogen) atoms. The van der Waals surface area contributed by atoms with Gasteiger partial charge in [-0.1, -0.05) is 0 Å². The van der Waals surface area contributed by atoms with Crippen molar-refractivity contribution in [3.63, 3.8) is 0 Å². The summed E-state index contributed by atoms with van der Waals surface area (Å²) in [6.45, 7) is 0. The number of amides is 2. The lowest BCUT2D eigenvalue weighted by Gasteiger charge is -2.00. The third-order valence-electron chi connectivity index (χ3n) is 0.310. The van der Waals surface area contributed by atoms with Crippen molar-refractivity contribution in [3.8, 4) is 0 Å². The third kappa shape index (κ3) is 2.10. The zero-order valence-electron chi connectivity index (χ0n) is 3.57. The molecular weight excluding hydrogens is 156 g/mol. The van der Waals surface area contributed by atoms with Crippen LogP contribution in [0.25, 0.3) is 0 Å². The summed E-state index contributed by atoms with van der Waals surface area (Å²) in [5.74, 6) is 0. The number of halogens is 1. The van der Waals surface area contributed by atoms with Gasteiger partial charge in [0.1, 0.15) is 0 Å². The lowest BCUT2D eigenvalue weighted by atomic mass is 11.2. The topological polar surface area (TPSA) is 83.6 Å². The molecule has 2 amide bonds. The highest BCUT2D eigenvalue weighted by Gasteiger charge is 2.10. The van der Waals surface area contributed by atoms with E-state index in [9.17, 15) is 9.00 Å². The first kappa shape index (κ1) is 7.67. The second kappa shape index (κ2) is 2.85. The average molecular weight is 159 g/mol. The zero-order valence-corrected chi connectivity index (χ0v) is 5.15. The van der Waals surface area contributed by atoms with E-state index in [0.717, 1.165) is 0 Å². The highest BCUT2D eigenvalue weighted by molar-refractivity contribution is 7.78. The van der Waals surface area contributed by atoms with Crippen LogP contribution in [-0.4, -0.2) is 18.6 Å². The molecule has 1 atom stereocenters. The van der Waals surface area contributed by atoms with Gasteiger partial charge in [-0.25, -0.2) is 9.00 Å². The molecule has 0 heterocycles. The Bertz CT molecular complexity index is 112. The van der Waals surface area contributed by atoms with E-state index in [-0.39, 0.29) is 3.82 Å². The molecule has 3 N–H and O–H groups in total. The van der Waals surface area contributed by atoms with Crippen molar-refractivity contribution in [1.82, 2.24) is 3.82 Å². The summed E-state index contributed by atoms with van der Waals surface area (Å²) in [5, 5.41) is 0. The number of urea groups is 1. The Morgan fingerprint density at radius 1 is 1.88 bits per heavy atom. The van der Waals surface area contributed by atoms with Crippen molar-refractivity contribution in [2.45, 2.75) is 0 Å². The second-order valence-corrected chi connectivity index (χ2v) is 2.18. The summed E-state index contributed by atoms with van der Waals surface area (Å²) >= 11 is 2.24. The van der Waals surface area contributed by atoms with E-state index in [0.29, 0.717) is 0 Å². The highest BCUT2D eigenvalue weighted by atomic mass is 35.5. The molecule has 0 aromatic rings. The van der Waals surface area contributed by atoms with Crippen LogP contribution in [0.4, 0.5) is 4.79 Å². The predicted octanol–water partition coefficient (Wildman–Crippen LogP) is -0.342. The van der Waals surface area contributed by atoms with Crippen LogP contribution < -0.4 is 5.73 Å². The lowest BCUT2D eigenvalue weighted by Crippen LogP contribution is -2.28. The number of nitrogens with two attached hydrogens (primary N) is 1. The van der Waals surface area contributed by atoms with Gasteiger partial charge in [0, 0.05) is 11.8 Å². The summed E-state index contributed by atoms with van der Waals surface area (Å²) in [6, 6.07) is -1.16. The van der Waals surface area contributed by atoms with E-state index in [1.165, 1.54) is 0 Å². The summed E-state index contributed by atoms with van der Waals surface area (Å²) in [4.78, 5) is 9.80. The molecule has 7 heteroatoms. The van der Waals surface area contributed by atoms with Crippen LogP contribution in [0.3, 0.4) is 0 Å². The first-order chi connectivity index (χ1) is 3.55. The largest absolute Gasteiger partial charge is 0.350 e. The Morgan fingerprint density at radius 2 is 2.25 bits per heavy atom. The van der Waals surface area contributed by atoms with Crippen molar-refractivity contribution < 1.29 is 13.6 Å². The van der Waals surface area contributed by atoms with Crippen LogP contribution in [0.2, 0.25) is 0 Å². The fraction of sp³-hybridized carbons (Fsp3) is 0. The molecule has 1 unspecified atom stereocenters. The van der Waals surface area contributed by atoms with Gasteiger partial charge in [-0.15, -0.1) is 3.82 Å². The van der Waals surface area contributed by atoms with Gasteiger partial charge in [-0.2, -0.15) is 0 Å². The maximum absolute atomic E-state index is 9.80. The van der Waals surface area contributed by atoms with E-state index in [1.807, 2.05) is 0 Å². The monoisotopic (exact) mass is 158 g/mol. The molecule has 0 aliphatic rings. The van der Waals surface area contributed by atoms with Crippen molar-refractivity contribution in [2.24, 2.45) is 5.73 Å². The minimum atomic E-state index is -2.52. The van der Waals surface area contributed by atoms with Crippen LogP contribution in [0, 0.1) is 0 Å². The maximum atomic E-state index is 9.80. The Morgan fingerprint density at radius 3 is 2.25 bits per heavy atom. The molecule has 0 aromatic heterocycles. The number of primary amides is 1. The zero-order chi connectivity index (χ0) is 6.73. The minimum absolute atomic E-state index is 0.0278. The molecule has 5 nitrogen and oxygen atoms in total. The predicted molar refractivity (Wildman–Crippen MR) is 28.0 cm³/mol. The molecule has 0 aliphatic carbocycles. The molecule has 0 fully saturated rings. The Kier molecular flexibility index (Phi) is 2.74. The van der Waals surface area contributed by atoms with E-state index in [4.69, 9.17) is 16.3 Å². The van der Waals surface area contributed by atoms with E-state index < -0.39 is 17.3 Å². The Hall–Kier alpha value is -0.330. The minimum Gasteiger partial charge on any atom is -0.350 e. The Labute approximate surface area is 52.9 Å². The standard InChI is InChI=1S/CH3ClN2O3S/c2-4(1(3)5)8(6)7/h(H2,3,5)(H,6,7). The first-order valence-corrected chi connectivity index (χ1v) is 2.82. The van der Waals surface area contributed by atoms with E-state index in [2.05, 4.69) is 5.73 Å². The fourth-order valence-electron chi connectivity index (χ4n) is 0.0770. The van der Waals surface area contributed by atoms with Crippen molar-refractivity contribution in [1.29, 1.82) is 0 Å². The summed E-state index contributed by atoms with van der Waals surface area (Å²) in [7, 11) is 0. The van der Waals surface area contributed by atoms with Gasteiger partial charge in [0.2, 0.25) is 0 Å². The smallest absolute Gasteiger partial charge is 0.343 e. The van der Waals surface area contributed by atoms with E-state index >= 15 is 0 Å². The summed E-state index contributed by atoms with van der Waals surface area (Å²) < 4.78 is 17.7. The van der Waals surface area contributed by atoms with Crippen LogP contribution in [0.5, 0.6) is 0 Å².